The van der Waals surface area contributed by atoms with Crippen molar-refractivity contribution in [2.75, 3.05) is 6.54 Å². The van der Waals surface area contributed by atoms with Crippen molar-refractivity contribution in [2.24, 2.45) is 7.05 Å². The Kier molecular flexibility index (Phi) is 4.61. The zero-order valence-electron chi connectivity index (χ0n) is 12.6. The molecule has 1 atom stereocenters. The minimum atomic E-state index is -0.902. The van der Waals surface area contributed by atoms with E-state index < -0.39 is 11.9 Å². The van der Waals surface area contributed by atoms with Gasteiger partial charge in [0.1, 0.15) is 11.6 Å². The van der Waals surface area contributed by atoms with E-state index in [1.807, 2.05) is 29.8 Å². The number of benzene rings is 2. The molecule has 0 aliphatic carbocycles. The predicted octanol–water partition coefficient (Wildman–Crippen LogP) is 3.19. The minimum absolute atomic E-state index is 0.241. The predicted molar refractivity (Wildman–Crippen MR) is 88.8 cm³/mol. The lowest BCUT2D eigenvalue weighted by molar-refractivity contribution is 0.169. The molecular weight excluding hydrogens is 317 g/mol. The molecule has 6 heteroatoms. The number of halogens is 2. The van der Waals surface area contributed by atoms with Crippen molar-refractivity contribution in [3.05, 3.63) is 64.7 Å². The van der Waals surface area contributed by atoms with Crippen LogP contribution in [0.4, 0.5) is 4.39 Å². The summed E-state index contributed by atoms with van der Waals surface area (Å²) in [5.41, 5.74) is 2.10. The maximum absolute atomic E-state index is 13.6. The Morgan fingerprint density at radius 2 is 2.09 bits per heavy atom. The minimum Gasteiger partial charge on any atom is -0.387 e. The van der Waals surface area contributed by atoms with Crippen LogP contribution in [0.2, 0.25) is 5.02 Å². The number of nitrogens with zero attached hydrogens (tertiary/aromatic N) is 2. The van der Waals surface area contributed by atoms with Crippen molar-refractivity contribution >= 4 is 22.6 Å². The third-order valence-corrected chi connectivity index (χ3v) is 4.06. The third kappa shape index (κ3) is 3.37. The van der Waals surface area contributed by atoms with E-state index in [2.05, 4.69) is 10.3 Å². The number of hydrogen-bond donors (Lipinski definition) is 2. The van der Waals surface area contributed by atoms with Crippen LogP contribution in [-0.4, -0.2) is 21.2 Å². The quantitative estimate of drug-likeness (QED) is 0.754. The van der Waals surface area contributed by atoms with Gasteiger partial charge in [0.25, 0.3) is 0 Å². The van der Waals surface area contributed by atoms with Crippen LogP contribution in [0.25, 0.3) is 11.0 Å². The SMILES string of the molecule is Cn1c(CNCC(O)c2ccccc2F)nc2cc(Cl)ccc21. The molecule has 0 fully saturated rings. The van der Waals surface area contributed by atoms with Crippen LogP contribution in [-0.2, 0) is 13.6 Å². The first-order valence-electron chi connectivity index (χ1n) is 7.30. The normalized spacial score (nSPS) is 12.7. The maximum atomic E-state index is 13.6. The molecule has 1 heterocycles. The fourth-order valence-electron chi connectivity index (χ4n) is 2.56. The fraction of sp³-hybridized carbons (Fsp3) is 0.235. The van der Waals surface area contributed by atoms with Crippen LogP contribution in [0, 0.1) is 5.82 Å². The Bertz CT molecular complexity index is 834. The van der Waals surface area contributed by atoms with Crippen LogP contribution in [0.3, 0.4) is 0 Å². The van der Waals surface area contributed by atoms with Gasteiger partial charge in [-0.25, -0.2) is 9.37 Å². The van der Waals surface area contributed by atoms with Crippen LogP contribution in [0.1, 0.15) is 17.5 Å². The summed E-state index contributed by atoms with van der Waals surface area (Å²) in [7, 11) is 1.92. The number of fused-ring (bicyclic) bond motifs is 1. The molecule has 0 radical (unpaired) electrons. The van der Waals surface area contributed by atoms with E-state index in [1.165, 1.54) is 6.07 Å². The highest BCUT2D eigenvalue weighted by atomic mass is 35.5. The summed E-state index contributed by atoms with van der Waals surface area (Å²) in [5, 5.41) is 13.8. The second-order valence-corrected chi connectivity index (χ2v) is 5.82. The Morgan fingerprint density at radius 3 is 2.87 bits per heavy atom. The van der Waals surface area contributed by atoms with Gasteiger partial charge in [0.15, 0.2) is 0 Å². The Balaban J connectivity index is 1.67. The van der Waals surface area contributed by atoms with Crippen molar-refractivity contribution in [1.29, 1.82) is 0 Å². The summed E-state index contributed by atoms with van der Waals surface area (Å²) in [6.45, 7) is 0.708. The lowest BCUT2D eigenvalue weighted by Crippen LogP contribution is -2.23. The highest BCUT2D eigenvalue weighted by Crippen LogP contribution is 2.20. The number of aliphatic hydroxyl groups excluding tert-OH is 1. The standard InChI is InChI=1S/C17H17ClFN3O/c1-22-15-7-6-11(18)8-14(15)21-17(22)10-20-9-16(23)12-4-2-3-5-13(12)19/h2-8,16,20,23H,9-10H2,1H3. The summed E-state index contributed by atoms with van der Waals surface area (Å²) in [6.07, 6.45) is -0.902. The summed E-state index contributed by atoms with van der Waals surface area (Å²) in [6, 6.07) is 11.8. The van der Waals surface area contributed by atoms with Gasteiger partial charge >= 0.3 is 0 Å². The molecule has 0 bridgehead atoms. The first-order valence-corrected chi connectivity index (χ1v) is 7.68. The average molecular weight is 334 g/mol. The van der Waals surface area contributed by atoms with E-state index in [4.69, 9.17) is 11.6 Å². The van der Waals surface area contributed by atoms with Crippen LogP contribution >= 0.6 is 11.6 Å². The van der Waals surface area contributed by atoms with Crippen molar-refractivity contribution in [3.8, 4) is 0 Å². The third-order valence-electron chi connectivity index (χ3n) is 3.82. The molecule has 2 aromatic carbocycles. The zero-order valence-corrected chi connectivity index (χ0v) is 13.4. The van der Waals surface area contributed by atoms with Crippen LogP contribution in [0.15, 0.2) is 42.5 Å². The molecule has 0 aliphatic heterocycles. The first kappa shape index (κ1) is 15.9. The Morgan fingerprint density at radius 1 is 1.30 bits per heavy atom. The van der Waals surface area contributed by atoms with Gasteiger partial charge in [0.05, 0.1) is 23.7 Å². The second-order valence-electron chi connectivity index (χ2n) is 5.39. The van der Waals surface area contributed by atoms with E-state index in [0.717, 1.165) is 16.9 Å². The molecule has 1 aromatic heterocycles. The van der Waals surface area contributed by atoms with Gasteiger partial charge in [0, 0.05) is 24.2 Å². The van der Waals surface area contributed by atoms with Gasteiger partial charge in [-0.05, 0) is 24.3 Å². The maximum Gasteiger partial charge on any atom is 0.129 e. The van der Waals surface area contributed by atoms with Crippen molar-refractivity contribution < 1.29 is 9.50 Å². The summed E-state index contributed by atoms with van der Waals surface area (Å²) in [4.78, 5) is 4.52. The smallest absolute Gasteiger partial charge is 0.129 e. The molecule has 4 nitrogen and oxygen atoms in total. The van der Waals surface area contributed by atoms with E-state index in [9.17, 15) is 9.50 Å². The number of aromatic nitrogens is 2. The van der Waals surface area contributed by atoms with E-state index in [-0.39, 0.29) is 12.1 Å². The van der Waals surface area contributed by atoms with Gasteiger partial charge in [-0.2, -0.15) is 0 Å². The summed E-state index contributed by atoms with van der Waals surface area (Å²) >= 11 is 5.98. The van der Waals surface area contributed by atoms with Gasteiger partial charge in [-0.15, -0.1) is 0 Å². The summed E-state index contributed by atoms with van der Waals surface area (Å²) in [5.74, 6) is 0.419. The number of imidazole rings is 1. The van der Waals surface area contributed by atoms with Crippen molar-refractivity contribution in [1.82, 2.24) is 14.9 Å². The number of aryl methyl sites for hydroxylation is 1. The summed E-state index contributed by atoms with van der Waals surface area (Å²) < 4.78 is 15.6. The molecule has 1 unspecified atom stereocenters. The first-order chi connectivity index (χ1) is 11.1. The van der Waals surface area contributed by atoms with Crippen LogP contribution < -0.4 is 5.32 Å². The molecule has 3 rings (SSSR count). The number of aliphatic hydroxyl groups is 1. The molecule has 120 valence electrons. The van der Waals surface area contributed by atoms with E-state index in [0.29, 0.717) is 11.6 Å². The van der Waals surface area contributed by atoms with Gasteiger partial charge < -0.3 is 15.0 Å². The Labute approximate surface area is 138 Å². The van der Waals surface area contributed by atoms with Gasteiger partial charge in [-0.3, -0.25) is 0 Å². The van der Waals surface area contributed by atoms with Crippen molar-refractivity contribution in [2.45, 2.75) is 12.6 Å². The Hall–Kier alpha value is -1.95. The van der Waals surface area contributed by atoms with E-state index in [1.54, 1.807) is 18.2 Å². The second kappa shape index (κ2) is 6.66. The highest BCUT2D eigenvalue weighted by Gasteiger charge is 2.13. The molecule has 0 saturated heterocycles. The zero-order chi connectivity index (χ0) is 16.4. The lowest BCUT2D eigenvalue weighted by Gasteiger charge is -2.13. The number of rotatable bonds is 5. The average Bonchev–Trinajstić information content (AvgIpc) is 2.83. The topological polar surface area (TPSA) is 50.1 Å². The molecular formula is C17H17ClFN3O. The largest absolute Gasteiger partial charge is 0.387 e. The fourth-order valence-corrected chi connectivity index (χ4v) is 2.72. The molecule has 0 amide bonds. The number of nitrogens with one attached hydrogen (secondary N) is 1. The van der Waals surface area contributed by atoms with Gasteiger partial charge in [-0.1, -0.05) is 29.8 Å². The molecule has 23 heavy (non-hydrogen) atoms. The number of hydrogen-bond acceptors (Lipinski definition) is 3. The molecule has 0 saturated carbocycles. The molecule has 0 aliphatic rings. The molecule has 3 aromatic rings. The highest BCUT2D eigenvalue weighted by molar-refractivity contribution is 6.31. The van der Waals surface area contributed by atoms with Crippen LogP contribution in [0.5, 0.6) is 0 Å². The molecule has 0 spiro atoms. The van der Waals surface area contributed by atoms with E-state index >= 15 is 0 Å². The lowest BCUT2D eigenvalue weighted by atomic mass is 10.1. The molecule has 2 N–H and O–H groups in total. The van der Waals surface area contributed by atoms with Gasteiger partial charge in [0.2, 0.25) is 0 Å². The van der Waals surface area contributed by atoms with Crippen molar-refractivity contribution in [3.63, 3.8) is 0 Å². The monoisotopic (exact) mass is 333 g/mol.